The summed E-state index contributed by atoms with van der Waals surface area (Å²) in [6, 6.07) is 6.68. The van der Waals surface area contributed by atoms with Crippen molar-refractivity contribution in [2.75, 3.05) is 16.4 Å². The van der Waals surface area contributed by atoms with E-state index in [4.69, 9.17) is 4.98 Å². The highest BCUT2D eigenvalue weighted by atomic mass is 32.2. The molecule has 2 aromatic heterocycles. The van der Waals surface area contributed by atoms with Gasteiger partial charge in [0.25, 0.3) is 0 Å². The van der Waals surface area contributed by atoms with Gasteiger partial charge in [0, 0.05) is 41.8 Å². The molecule has 9 nitrogen and oxygen atoms in total. The van der Waals surface area contributed by atoms with Crippen LogP contribution in [0.5, 0.6) is 0 Å². The highest BCUT2D eigenvalue weighted by Crippen LogP contribution is 2.38. The molecule has 174 valence electrons. The third-order valence-electron chi connectivity index (χ3n) is 6.95. The number of hydrazine groups is 1. The zero-order valence-corrected chi connectivity index (χ0v) is 19.5. The average Bonchev–Trinajstić information content (AvgIpc) is 3.17. The number of hydrogen-bond donors (Lipinski definition) is 4. The zero-order valence-electron chi connectivity index (χ0n) is 18.7. The number of pyridine rings is 2. The molecule has 2 aromatic rings. The summed E-state index contributed by atoms with van der Waals surface area (Å²) in [5.74, 6) is 1.76. The van der Waals surface area contributed by atoms with Crippen LogP contribution in [0.1, 0.15) is 52.4 Å². The topological polar surface area (TPSA) is 111 Å². The van der Waals surface area contributed by atoms with E-state index >= 15 is 0 Å². The van der Waals surface area contributed by atoms with Crippen LogP contribution in [0.2, 0.25) is 0 Å². The molecule has 3 aliphatic heterocycles. The van der Waals surface area contributed by atoms with E-state index in [9.17, 15) is 8.42 Å². The minimum atomic E-state index is -3.18. The van der Waals surface area contributed by atoms with Gasteiger partial charge in [0.2, 0.25) is 10.0 Å². The number of anilines is 2. The molecule has 4 N–H and O–H groups in total. The molecule has 10 heteroatoms. The van der Waals surface area contributed by atoms with E-state index in [2.05, 4.69) is 33.4 Å². The van der Waals surface area contributed by atoms with Crippen LogP contribution >= 0.6 is 0 Å². The zero-order chi connectivity index (χ0) is 22.3. The third-order valence-corrected chi connectivity index (χ3v) is 8.92. The van der Waals surface area contributed by atoms with Gasteiger partial charge >= 0.3 is 0 Å². The summed E-state index contributed by atoms with van der Waals surface area (Å²) in [6.07, 6.45) is 7.44. The van der Waals surface area contributed by atoms with Crippen LogP contribution in [0.25, 0.3) is 10.9 Å². The number of nitrogens with zero attached hydrogens (tertiary/aromatic N) is 3. The SMILES string of the molecule is CCS(=O)(=O)N1[C@@H]2CCC[C@H]1CC(Nc1nc(NC3CC(C)NN3)cc3ncccc13)C2. The second-order valence-corrected chi connectivity index (χ2v) is 11.5. The monoisotopic (exact) mass is 459 g/mol. The molecule has 0 aromatic carbocycles. The summed E-state index contributed by atoms with van der Waals surface area (Å²) in [4.78, 5) is 9.45. The lowest BCUT2D eigenvalue weighted by molar-refractivity contribution is 0.116. The maximum Gasteiger partial charge on any atom is 0.214 e. The van der Waals surface area contributed by atoms with E-state index in [1.54, 1.807) is 13.1 Å². The van der Waals surface area contributed by atoms with Crippen molar-refractivity contribution in [3.05, 3.63) is 24.4 Å². The molecule has 3 fully saturated rings. The smallest absolute Gasteiger partial charge is 0.214 e. The van der Waals surface area contributed by atoms with Gasteiger partial charge in [-0.25, -0.2) is 18.8 Å². The van der Waals surface area contributed by atoms with Gasteiger partial charge in [-0.15, -0.1) is 0 Å². The normalized spacial score (nSPS) is 31.0. The molecule has 3 unspecified atom stereocenters. The van der Waals surface area contributed by atoms with Crippen molar-refractivity contribution >= 4 is 32.6 Å². The van der Waals surface area contributed by atoms with E-state index in [1.807, 2.05) is 22.5 Å². The standard InChI is InChI=1S/C22H33N7O2S/c1-3-32(30,31)29-16-6-4-7-17(29)12-15(11-16)24-22-18-8-5-9-23-19(18)13-20(26-22)25-21-10-14(2)27-28-21/h5,8-9,13-17,21,27-28H,3-4,6-7,10-12H2,1-2H3,(H2,24,25,26)/t14?,15?,16-,17+,21?. The van der Waals surface area contributed by atoms with Gasteiger partial charge in [-0.3, -0.25) is 10.4 Å². The van der Waals surface area contributed by atoms with Crippen molar-refractivity contribution in [1.82, 2.24) is 25.1 Å². The molecule has 0 saturated carbocycles. The van der Waals surface area contributed by atoms with Crippen LogP contribution in [0.3, 0.4) is 0 Å². The molecule has 5 rings (SSSR count). The molecule has 0 radical (unpaired) electrons. The van der Waals surface area contributed by atoms with Gasteiger partial charge in [-0.1, -0.05) is 6.42 Å². The minimum absolute atomic E-state index is 0.0749. The number of nitrogens with one attached hydrogen (secondary N) is 4. The summed E-state index contributed by atoms with van der Waals surface area (Å²) in [7, 11) is -3.18. The molecule has 32 heavy (non-hydrogen) atoms. The minimum Gasteiger partial charge on any atom is -0.367 e. The van der Waals surface area contributed by atoms with Crippen LogP contribution in [0.4, 0.5) is 11.6 Å². The van der Waals surface area contributed by atoms with Crippen molar-refractivity contribution in [3.8, 4) is 0 Å². The fourth-order valence-electron chi connectivity index (χ4n) is 5.50. The number of hydrogen-bond acceptors (Lipinski definition) is 8. The molecule has 0 spiro atoms. The summed E-state index contributed by atoms with van der Waals surface area (Å²) < 4.78 is 27.2. The molecule has 5 heterocycles. The van der Waals surface area contributed by atoms with Gasteiger partial charge in [0.15, 0.2) is 0 Å². The summed E-state index contributed by atoms with van der Waals surface area (Å²) in [6.45, 7) is 3.88. The van der Waals surface area contributed by atoms with Crippen molar-refractivity contribution in [2.45, 2.75) is 82.7 Å². The van der Waals surface area contributed by atoms with Crippen LogP contribution < -0.4 is 21.5 Å². The van der Waals surface area contributed by atoms with Crippen molar-refractivity contribution in [3.63, 3.8) is 0 Å². The Morgan fingerprint density at radius 1 is 1.16 bits per heavy atom. The van der Waals surface area contributed by atoms with Crippen LogP contribution in [0.15, 0.2) is 24.4 Å². The maximum atomic E-state index is 12.7. The Hall–Kier alpha value is -2.01. The predicted octanol–water partition coefficient (Wildman–Crippen LogP) is 2.40. The molecule has 2 bridgehead atoms. The molecule has 3 aliphatic rings. The highest BCUT2D eigenvalue weighted by molar-refractivity contribution is 7.89. The van der Waals surface area contributed by atoms with Gasteiger partial charge in [0.1, 0.15) is 11.6 Å². The predicted molar refractivity (Wildman–Crippen MR) is 127 cm³/mol. The quantitative estimate of drug-likeness (QED) is 0.521. The first-order valence-corrected chi connectivity index (χ1v) is 13.3. The fourth-order valence-corrected chi connectivity index (χ4v) is 7.09. The number of sulfonamides is 1. The molecule has 0 aliphatic carbocycles. The number of rotatable bonds is 6. The Morgan fingerprint density at radius 2 is 1.94 bits per heavy atom. The van der Waals surface area contributed by atoms with Gasteiger partial charge in [-0.05, 0) is 58.1 Å². The Labute approximate surface area is 189 Å². The molecular formula is C22H33N7O2S. The lowest BCUT2D eigenvalue weighted by Gasteiger charge is -2.47. The lowest BCUT2D eigenvalue weighted by atomic mass is 9.84. The van der Waals surface area contributed by atoms with Crippen molar-refractivity contribution in [2.24, 2.45) is 0 Å². The van der Waals surface area contributed by atoms with Crippen LogP contribution in [-0.2, 0) is 10.0 Å². The van der Waals surface area contributed by atoms with E-state index in [0.29, 0.717) is 6.04 Å². The maximum absolute atomic E-state index is 12.7. The third kappa shape index (κ3) is 4.28. The molecular weight excluding hydrogens is 426 g/mol. The first-order chi connectivity index (χ1) is 15.4. The summed E-state index contributed by atoms with van der Waals surface area (Å²) in [5, 5.41) is 8.12. The van der Waals surface area contributed by atoms with Gasteiger partial charge < -0.3 is 10.6 Å². The van der Waals surface area contributed by atoms with E-state index in [0.717, 1.165) is 61.1 Å². The molecule has 0 amide bonds. The first kappa shape index (κ1) is 21.8. The first-order valence-electron chi connectivity index (χ1n) is 11.7. The number of aromatic nitrogens is 2. The van der Waals surface area contributed by atoms with E-state index < -0.39 is 10.0 Å². The lowest BCUT2D eigenvalue weighted by Crippen LogP contribution is -2.57. The van der Waals surface area contributed by atoms with Gasteiger partial charge in [0.05, 0.1) is 17.4 Å². The highest BCUT2D eigenvalue weighted by Gasteiger charge is 2.43. The molecule has 3 saturated heterocycles. The van der Waals surface area contributed by atoms with E-state index in [-0.39, 0.29) is 30.0 Å². The molecule has 5 atom stereocenters. The largest absolute Gasteiger partial charge is 0.367 e. The Kier molecular flexibility index (Phi) is 5.96. The van der Waals surface area contributed by atoms with Crippen molar-refractivity contribution in [1.29, 1.82) is 0 Å². The second kappa shape index (κ2) is 8.74. The summed E-state index contributed by atoms with van der Waals surface area (Å²) >= 11 is 0. The Bertz CT molecular complexity index is 1070. The summed E-state index contributed by atoms with van der Waals surface area (Å²) in [5.41, 5.74) is 7.36. The average molecular weight is 460 g/mol. The van der Waals surface area contributed by atoms with E-state index in [1.165, 1.54) is 0 Å². The Balaban J connectivity index is 1.39. The second-order valence-electron chi connectivity index (χ2n) is 9.33. The number of piperidine rings is 2. The van der Waals surface area contributed by atoms with Gasteiger partial charge in [-0.2, -0.15) is 4.31 Å². The van der Waals surface area contributed by atoms with Crippen LogP contribution in [-0.4, -0.2) is 58.8 Å². The van der Waals surface area contributed by atoms with Crippen LogP contribution in [0, 0.1) is 0 Å². The Morgan fingerprint density at radius 3 is 2.62 bits per heavy atom. The van der Waals surface area contributed by atoms with Crippen molar-refractivity contribution < 1.29 is 8.42 Å². The number of fused-ring (bicyclic) bond motifs is 3. The fraction of sp³-hybridized carbons (Fsp3) is 0.636.